The van der Waals surface area contributed by atoms with Crippen molar-refractivity contribution in [2.45, 2.75) is 13.0 Å². The smallest absolute Gasteiger partial charge is 0.290 e. The highest BCUT2D eigenvalue weighted by Gasteiger charge is 2.16. The average Bonchev–Trinajstić information content (AvgIpc) is 3.28. The summed E-state index contributed by atoms with van der Waals surface area (Å²) >= 11 is 0. The van der Waals surface area contributed by atoms with Crippen molar-refractivity contribution >= 4 is 11.6 Å². The van der Waals surface area contributed by atoms with Gasteiger partial charge in [-0.15, -0.1) is 0 Å². The number of carbonyl (C=O) groups is 1. The van der Waals surface area contributed by atoms with Gasteiger partial charge in [0, 0.05) is 29.9 Å². The van der Waals surface area contributed by atoms with Gasteiger partial charge >= 0.3 is 0 Å². The van der Waals surface area contributed by atoms with E-state index in [4.69, 9.17) is 9.47 Å². The Labute approximate surface area is 185 Å². The Morgan fingerprint density at radius 1 is 1.00 bits per heavy atom. The summed E-state index contributed by atoms with van der Waals surface area (Å²) in [5.41, 5.74) is 4.72. The van der Waals surface area contributed by atoms with Crippen LogP contribution in [0.1, 0.15) is 11.3 Å². The first-order chi connectivity index (χ1) is 15.7. The first-order valence-electron chi connectivity index (χ1n) is 10.5. The molecule has 1 amide bonds. The lowest BCUT2D eigenvalue weighted by molar-refractivity contribution is -0.683. The number of aromatic nitrogens is 3. The van der Waals surface area contributed by atoms with Crippen molar-refractivity contribution in [3.05, 3.63) is 90.4 Å². The maximum Gasteiger partial charge on any atom is 0.290 e. The lowest BCUT2D eigenvalue weighted by Crippen LogP contribution is -2.39. The van der Waals surface area contributed by atoms with E-state index in [0.29, 0.717) is 30.4 Å². The Balaban J connectivity index is 1.25. The third-order valence-electron chi connectivity index (χ3n) is 5.17. The van der Waals surface area contributed by atoms with Gasteiger partial charge in [0.05, 0.1) is 11.3 Å². The Morgan fingerprint density at radius 2 is 1.84 bits per heavy atom. The first kappa shape index (κ1) is 19.8. The topological polar surface area (TPSA) is 80.1 Å². The molecule has 0 aliphatic carbocycles. The number of aromatic amines is 1. The molecule has 160 valence electrons. The van der Waals surface area contributed by atoms with Crippen LogP contribution in [0.5, 0.6) is 11.5 Å². The maximum absolute atomic E-state index is 12.6. The van der Waals surface area contributed by atoms with Crippen LogP contribution in [-0.4, -0.2) is 29.3 Å². The maximum atomic E-state index is 12.6. The van der Waals surface area contributed by atoms with E-state index in [0.717, 1.165) is 23.4 Å². The highest BCUT2D eigenvalue weighted by atomic mass is 16.6. The summed E-state index contributed by atoms with van der Waals surface area (Å²) in [5, 5.41) is 10.5. The van der Waals surface area contributed by atoms with Crippen LogP contribution in [0.3, 0.4) is 0 Å². The summed E-state index contributed by atoms with van der Waals surface area (Å²) in [5.74, 6) is 1.21. The molecule has 1 aliphatic heterocycles. The molecule has 2 aromatic heterocycles. The molecule has 0 saturated carbocycles. The van der Waals surface area contributed by atoms with Gasteiger partial charge in [-0.1, -0.05) is 30.3 Å². The Morgan fingerprint density at radius 3 is 2.72 bits per heavy atom. The highest BCUT2D eigenvalue weighted by Crippen LogP contribution is 2.32. The van der Waals surface area contributed by atoms with Gasteiger partial charge < -0.3 is 14.8 Å². The standard InChI is InChI=1S/C25H22N4O3/c30-25(26-20-8-9-23-24(15-20)32-12-11-31-23)17-29-10-4-7-19(16-29)22-14-21(27-28-22)13-18-5-2-1-3-6-18/h1-10,14-16H,11-13,17H2,(H-,26,27,28,30)/p+1. The van der Waals surface area contributed by atoms with E-state index in [-0.39, 0.29) is 12.5 Å². The van der Waals surface area contributed by atoms with Crippen molar-refractivity contribution in [2.75, 3.05) is 18.5 Å². The Hall–Kier alpha value is -4.13. The highest BCUT2D eigenvalue weighted by molar-refractivity contribution is 5.90. The molecule has 7 nitrogen and oxygen atoms in total. The van der Waals surface area contributed by atoms with Crippen LogP contribution >= 0.6 is 0 Å². The van der Waals surface area contributed by atoms with Crippen LogP contribution in [0, 0.1) is 0 Å². The van der Waals surface area contributed by atoms with Crippen molar-refractivity contribution in [3.63, 3.8) is 0 Å². The van der Waals surface area contributed by atoms with Crippen LogP contribution < -0.4 is 19.4 Å². The quantitative estimate of drug-likeness (QED) is 0.463. The number of benzene rings is 2. The molecule has 32 heavy (non-hydrogen) atoms. The molecule has 0 bridgehead atoms. The zero-order chi connectivity index (χ0) is 21.8. The molecule has 4 aromatic rings. The number of anilines is 1. The van der Waals surface area contributed by atoms with Gasteiger partial charge in [-0.2, -0.15) is 9.67 Å². The van der Waals surface area contributed by atoms with Gasteiger partial charge in [0.2, 0.25) is 6.54 Å². The van der Waals surface area contributed by atoms with Crippen molar-refractivity contribution in [1.82, 2.24) is 10.2 Å². The normalized spacial score (nSPS) is 12.4. The minimum Gasteiger partial charge on any atom is -0.486 e. The second-order valence-corrected chi connectivity index (χ2v) is 7.61. The molecular weight excluding hydrogens is 404 g/mol. The fourth-order valence-corrected chi connectivity index (χ4v) is 3.68. The van der Waals surface area contributed by atoms with Crippen LogP contribution in [0.25, 0.3) is 11.3 Å². The van der Waals surface area contributed by atoms with Crippen molar-refractivity contribution in [1.29, 1.82) is 0 Å². The number of hydrogen-bond donors (Lipinski definition) is 2. The van der Waals surface area contributed by atoms with Crippen LogP contribution in [-0.2, 0) is 17.8 Å². The van der Waals surface area contributed by atoms with E-state index in [1.165, 1.54) is 5.56 Å². The SMILES string of the molecule is O=C(C[n+]1cccc(-c2cc(Cc3ccccc3)[nH]n2)c1)Nc1ccc2c(c1)OCCO2. The zero-order valence-corrected chi connectivity index (χ0v) is 17.5. The molecule has 2 aromatic carbocycles. The molecule has 0 radical (unpaired) electrons. The van der Waals surface area contributed by atoms with Crippen LogP contribution in [0.2, 0.25) is 0 Å². The van der Waals surface area contributed by atoms with E-state index in [1.54, 1.807) is 6.07 Å². The van der Waals surface area contributed by atoms with Gasteiger partial charge in [-0.3, -0.25) is 9.89 Å². The fraction of sp³-hybridized carbons (Fsp3) is 0.160. The fourth-order valence-electron chi connectivity index (χ4n) is 3.68. The summed E-state index contributed by atoms with van der Waals surface area (Å²) in [6.07, 6.45) is 4.58. The molecule has 0 spiro atoms. The number of carbonyl (C=O) groups excluding carboxylic acids is 1. The molecule has 5 rings (SSSR count). The summed E-state index contributed by atoms with van der Waals surface area (Å²) in [6.45, 7) is 1.23. The Kier molecular flexibility index (Phi) is 5.53. The van der Waals surface area contributed by atoms with Gasteiger partial charge in [-0.05, 0) is 29.8 Å². The lowest BCUT2D eigenvalue weighted by Gasteiger charge is -2.18. The average molecular weight is 427 g/mol. The molecule has 7 heteroatoms. The largest absolute Gasteiger partial charge is 0.486 e. The molecule has 0 unspecified atom stereocenters. The molecule has 0 atom stereocenters. The van der Waals surface area contributed by atoms with Gasteiger partial charge in [0.15, 0.2) is 23.9 Å². The molecule has 3 heterocycles. The number of rotatable bonds is 6. The molecule has 0 fully saturated rings. The van der Waals surface area contributed by atoms with Crippen LogP contribution in [0.4, 0.5) is 5.69 Å². The number of nitrogens with zero attached hydrogens (tertiary/aromatic N) is 2. The van der Waals surface area contributed by atoms with E-state index in [2.05, 4.69) is 27.6 Å². The van der Waals surface area contributed by atoms with Crippen molar-refractivity contribution in [3.8, 4) is 22.8 Å². The van der Waals surface area contributed by atoms with Crippen LogP contribution in [0.15, 0.2) is 79.1 Å². The van der Waals surface area contributed by atoms with Gasteiger partial charge in [0.25, 0.3) is 5.91 Å². The van der Waals surface area contributed by atoms with Gasteiger partial charge in [-0.25, -0.2) is 0 Å². The molecule has 1 aliphatic rings. The number of H-pyrrole nitrogens is 1. The van der Waals surface area contributed by atoms with E-state index in [1.807, 2.05) is 65.5 Å². The number of fused-ring (bicyclic) bond motifs is 1. The molecular formula is C25H23N4O3+. The minimum absolute atomic E-state index is 0.129. The van der Waals surface area contributed by atoms with E-state index >= 15 is 0 Å². The summed E-state index contributed by atoms with van der Waals surface area (Å²) in [7, 11) is 0. The van der Waals surface area contributed by atoms with Gasteiger partial charge in [0.1, 0.15) is 13.2 Å². The number of amides is 1. The molecule has 2 N–H and O–H groups in total. The number of pyridine rings is 1. The predicted octanol–water partition coefficient (Wildman–Crippen LogP) is 3.36. The zero-order valence-electron chi connectivity index (χ0n) is 17.5. The number of ether oxygens (including phenoxy) is 2. The number of nitrogens with one attached hydrogen (secondary N) is 2. The summed E-state index contributed by atoms with van der Waals surface area (Å²) in [4.78, 5) is 12.6. The summed E-state index contributed by atoms with van der Waals surface area (Å²) in [6, 6.07) is 21.6. The minimum atomic E-state index is -0.129. The van der Waals surface area contributed by atoms with Crippen molar-refractivity contribution in [2.24, 2.45) is 0 Å². The predicted molar refractivity (Wildman–Crippen MR) is 120 cm³/mol. The van der Waals surface area contributed by atoms with E-state index in [9.17, 15) is 4.79 Å². The Bertz CT molecular complexity index is 1240. The first-order valence-corrected chi connectivity index (χ1v) is 10.5. The van der Waals surface area contributed by atoms with E-state index < -0.39 is 0 Å². The lowest BCUT2D eigenvalue weighted by atomic mass is 10.1. The monoisotopic (exact) mass is 427 g/mol. The third-order valence-corrected chi connectivity index (χ3v) is 5.17. The molecule has 0 saturated heterocycles. The summed E-state index contributed by atoms with van der Waals surface area (Å²) < 4.78 is 12.9. The third kappa shape index (κ3) is 4.62. The second kappa shape index (κ2) is 8.93. The second-order valence-electron chi connectivity index (χ2n) is 7.61. The van der Waals surface area contributed by atoms with Crippen molar-refractivity contribution < 1.29 is 18.8 Å². The number of hydrogen-bond acceptors (Lipinski definition) is 4.